The van der Waals surface area contributed by atoms with E-state index < -0.39 is 0 Å². The molecule has 3 rings (SSSR count). The molecule has 30 heavy (non-hydrogen) atoms. The SMILES string of the molecule is COc1ccc(CN2CCN(C(=O)CSCC(=O)Nc3cccc(C)c3)CC2)cc1. The first kappa shape index (κ1) is 22.2. The van der Waals surface area contributed by atoms with Crippen molar-refractivity contribution in [3.05, 3.63) is 59.7 Å². The fourth-order valence-electron chi connectivity index (χ4n) is 3.39. The highest BCUT2D eigenvalue weighted by atomic mass is 32.2. The molecule has 7 heteroatoms. The number of nitrogens with one attached hydrogen (secondary N) is 1. The minimum atomic E-state index is -0.0808. The molecule has 0 aliphatic carbocycles. The van der Waals surface area contributed by atoms with Crippen LogP contribution in [0.25, 0.3) is 0 Å². The molecule has 2 aromatic carbocycles. The fourth-order valence-corrected chi connectivity index (χ4v) is 4.10. The third-order valence-electron chi connectivity index (χ3n) is 5.05. The predicted molar refractivity (Wildman–Crippen MR) is 122 cm³/mol. The maximum absolute atomic E-state index is 12.5. The van der Waals surface area contributed by atoms with Gasteiger partial charge in [-0.3, -0.25) is 14.5 Å². The summed E-state index contributed by atoms with van der Waals surface area (Å²) in [5.41, 5.74) is 3.13. The maximum Gasteiger partial charge on any atom is 0.234 e. The van der Waals surface area contributed by atoms with Gasteiger partial charge in [0.05, 0.1) is 18.6 Å². The quantitative estimate of drug-likeness (QED) is 0.702. The van der Waals surface area contributed by atoms with Crippen LogP contribution >= 0.6 is 11.8 Å². The van der Waals surface area contributed by atoms with E-state index in [0.717, 1.165) is 49.7 Å². The predicted octanol–water partition coefficient (Wildman–Crippen LogP) is 3.02. The Labute approximate surface area is 182 Å². The van der Waals surface area contributed by atoms with Gasteiger partial charge in [0, 0.05) is 38.4 Å². The topological polar surface area (TPSA) is 61.9 Å². The zero-order valence-electron chi connectivity index (χ0n) is 17.6. The van der Waals surface area contributed by atoms with Gasteiger partial charge in [-0.1, -0.05) is 24.3 Å². The van der Waals surface area contributed by atoms with Crippen molar-refractivity contribution in [2.24, 2.45) is 0 Å². The second-order valence-corrected chi connectivity index (χ2v) is 8.40. The summed E-state index contributed by atoms with van der Waals surface area (Å²) in [5, 5.41) is 2.87. The zero-order valence-corrected chi connectivity index (χ0v) is 18.4. The Hall–Kier alpha value is -2.51. The second kappa shape index (κ2) is 11.0. The smallest absolute Gasteiger partial charge is 0.234 e. The molecule has 1 N–H and O–H groups in total. The fraction of sp³-hybridized carbons (Fsp3) is 0.391. The van der Waals surface area contributed by atoms with Gasteiger partial charge in [0.25, 0.3) is 0 Å². The first-order valence-corrected chi connectivity index (χ1v) is 11.3. The molecule has 0 unspecified atom stereocenters. The van der Waals surface area contributed by atoms with E-state index in [9.17, 15) is 9.59 Å². The molecule has 0 atom stereocenters. The molecule has 1 saturated heterocycles. The van der Waals surface area contributed by atoms with Gasteiger partial charge in [-0.05, 0) is 42.3 Å². The zero-order chi connectivity index (χ0) is 21.3. The Morgan fingerprint density at radius 1 is 1.03 bits per heavy atom. The van der Waals surface area contributed by atoms with E-state index in [1.807, 2.05) is 48.2 Å². The number of hydrogen-bond acceptors (Lipinski definition) is 5. The normalized spacial score (nSPS) is 14.4. The van der Waals surface area contributed by atoms with E-state index in [1.165, 1.54) is 17.3 Å². The van der Waals surface area contributed by atoms with E-state index in [2.05, 4.69) is 22.3 Å². The number of nitrogens with zero attached hydrogens (tertiary/aromatic N) is 2. The summed E-state index contributed by atoms with van der Waals surface area (Å²) in [5.74, 6) is 1.49. The van der Waals surface area contributed by atoms with Crippen molar-refractivity contribution in [1.29, 1.82) is 0 Å². The summed E-state index contributed by atoms with van der Waals surface area (Å²) in [6, 6.07) is 15.8. The molecule has 2 aromatic rings. The number of aryl methyl sites for hydroxylation is 1. The number of methoxy groups -OCH3 is 1. The third-order valence-corrected chi connectivity index (χ3v) is 5.97. The molecule has 1 heterocycles. The van der Waals surface area contributed by atoms with Crippen LogP contribution in [-0.2, 0) is 16.1 Å². The van der Waals surface area contributed by atoms with Crippen LogP contribution in [-0.4, -0.2) is 66.4 Å². The van der Waals surface area contributed by atoms with Gasteiger partial charge in [-0.25, -0.2) is 0 Å². The Morgan fingerprint density at radius 3 is 2.43 bits per heavy atom. The highest BCUT2D eigenvalue weighted by Gasteiger charge is 2.21. The number of amides is 2. The van der Waals surface area contributed by atoms with Crippen molar-refractivity contribution in [2.45, 2.75) is 13.5 Å². The highest BCUT2D eigenvalue weighted by Crippen LogP contribution is 2.15. The van der Waals surface area contributed by atoms with Crippen molar-refractivity contribution in [1.82, 2.24) is 9.80 Å². The Balaban J connectivity index is 1.34. The lowest BCUT2D eigenvalue weighted by Crippen LogP contribution is -2.48. The van der Waals surface area contributed by atoms with Crippen LogP contribution in [0.1, 0.15) is 11.1 Å². The van der Waals surface area contributed by atoms with Gasteiger partial charge in [0.15, 0.2) is 0 Å². The molecule has 1 fully saturated rings. The number of hydrogen-bond donors (Lipinski definition) is 1. The summed E-state index contributed by atoms with van der Waals surface area (Å²) in [6.45, 7) is 6.03. The van der Waals surface area contributed by atoms with Gasteiger partial charge in [0.2, 0.25) is 11.8 Å². The third kappa shape index (κ3) is 6.78. The van der Waals surface area contributed by atoms with Crippen molar-refractivity contribution in [2.75, 3.05) is 50.1 Å². The van der Waals surface area contributed by atoms with Gasteiger partial charge in [-0.15, -0.1) is 11.8 Å². The molecule has 1 aliphatic rings. The first-order chi connectivity index (χ1) is 14.5. The molecule has 0 radical (unpaired) electrons. The van der Waals surface area contributed by atoms with Crippen LogP contribution in [0.5, 0.6) is 5.75 Å². The number of rotatable bonds is 8. The van der Waals surface area contributed by atoms with Crippen LogP contribution in [0.3, 0.4) is 0 Å². The van der Waals surface area contributed by atoms with Crippen LogP contribution in [0.15, 0.2) is 48.5 Å². The second-order valence-electron chi connectivity index (χ2n) is 7.42. The standard InChI is InChI=1S/C23H29N3O3S/c1-18-4-3-5-20(14-18)24-22(27)16-30-17-23(28)26-12-10-25(11-13-26)15-19-6-8-21(29-2)9-7-19/h3-9,14H,10-13,15-17H2,1-2H3,(H,24,27). The number of carbonyl (C=O) groups is 2. The molecule has 1 aliphatic heterocycles. The number of benzene rings is 2. The van der Waals surface area contributed by atoms with Gasteiger partial charge >= 0.3 is 0 Å². The molecular formula is C23H29N3O3S. The lowest BCUT2D eigenvalue weighted by atomic mass is 10.2. The Morgan fingerprint density at radius 2 is 1.77 bits per heavy atom. The number of thioether (sulfide) groups is 1. The van der Waals surface area contributed by atoms with Crippen LogP contribution in [0.2, 0.25) is 0 Å². The lowest BCUT2D eigenvalue weighted by molar-refractivity contribution is -0.130. The van der Waals surface area contributed by atoms with Gasteiger partial charge in [-0.2, -0.15) is 0 Å². The Bertz CT molecular complexity index is 849. The number of anilines is 1. The summed E-state index contributed by atoms with van der Waals surface area (Å²) < 4.78 is 5.20. The van der Waals surface area contributed by atoms with E-state index in [0.29, 0.717) is 5.75 Å². The van der Waals surface area contributed by atoms with Crippen molar-refractivity contribution in [3.8, 4) is 5.75 Å². The number of carbonyl (C=O) groups excluding carboxylic acids is 2. The van der Waals surface area contributed by atoms with E-state index in [1.54, 1.807) is 7.11 Å². The summed E-state index contributed by atoms with van der Waals surface area (Å²) in [4.78, 5) is 28.8. The summed E-state index contributed by atoms with van der Waals surface area (Å²) in [7, 11) is 1.67. The number of ether oxygens (including phenoxy) is 1. The average Bonchev–Trinajstić information content (AvgIpc) is 2.75. The molecule has 0 bridgehead atoms. The van der Waals surface area contributed by atoms with E-state index >= 15 is 0 Å². The minimum Gasteiger partial charge on any atom is -0.497 e. The van der Waals surface area contributed by atoms with E-state index in [4.69, 9.17) is 4.74 Å². The maximum atomic E-state index is 12.5. The molecule has 6 nitrogen and oxygen atoms in total. The molecular weight excluding hydrogens is 398 g/mol. The molecule has 0 spiro atoms. The van der Waals surface area contributed by atoms with Crippen LogP contribution < -0.4 is 10.1 Å². The van der Waals surface area contributed by atoms with Gasteiger partial charge in [0.1, 0.15) is 5.75 Å². The largest absolute Gasteiger partial charge is 0.497 e. The summed E-state index contributed by atoms with van der Waals surface area (Å²) in [6.07, 6.45) is 0. The van der Waals surface area contributed by atoms with Crippen molar-refractivity contribution in [3.63, 3.8) is 0 Å². The number of piperazine rings is 1. The molecule has 0 saturated carbocycles. The Kier molecular flexibility index (Phi) is 8.16. The molecule has 160 valence electrons. The van der Waals surface area contributed by atoms with Gasteiger partial charge < -0.3 is 15.0 Å². The van der Waals surface area contributed by atoms with Crippen molar-refractivity contribution < 1.29 is 14.3 Å². The van der Waals surface area contributed by atoms with Crippen molar-refractivity contribution >= 4 is 29.3 Å². The first-order valence-electron chi connectivity index (χ1n) is 10.1. The minimum absolute atomic E-state index is 0.0808. The average molecular weight is 428 g/mol. The molecule has 0 aromatic heterocycles. The monoisotopic (exact) mass is 427 g/mol. The van der Waals surface area contributed by atoms with Crippen LogP contribution in [0, 0.1) is 6.92 Å². The van der Waals surface area contributed by atoms with E-state index in [-0.39, 0.29) is 17.6 Å². The summed E-state index contributed by atoms with van der Waals surface area (Å²) >= 11 is 1.36. The lowest BCUT2D eigenvalue weighted by Gasteiger charge is -2.34. The highest BCUT2D eigenvalue weighted by molar-refractivity contribution is 8.00. The molecule has 2 amide bonds. The van der Waals surface area contributed by atoms with Crippen LogP contribution in [0.4, 0.5) is 5.69 Å².